The average molecular weight is 744 g/mol. The zero-order valence-corrected chi connectivity index (χ0v) is 32.3. The van der Waals surface area contributed by atoms with Gasteiger partial charge in [-0.3, -0.25) is 0 Å². The number of hydrogen-bond donors (Lipinski definition) is 1. The highest BCUT2D eigenvalue weighted by Crippen LogP contribution is 2.41. The molecule has 1 N–H and O–H groups in total. The van der Waals surface area contributed by atoms with Gasteiger partial charge >= 0.3 is 0 Å². The number of nitrogens with zero attached hydrogens (tertiary/aromatic N) is 2. The Balaban J connectivity index is 0.995. The number of aromatic nitrogens is 2. The fourth-order valence-electron chi connectivity index (χ4n) is 9.29. The highest BCUT2D eigenvalue weighted by Gasteiger charge is 2.25. The molecule has 0 bridgehead atoms. The van der Waals surface area contributed by atoms with Crippen LogP contribution in [0.2, 0.25) is 0 Å². The summed E-state index contributed by atoms with van der Waals surface area (Å²) in [6, 6.07) is 70.8. The Morgan fingerprint density at radius 1 is 0.414 bits per heavy atom. The first-order valence-electron chi connectivity index (χ1n) is 20.3. The van der Waals surface area contributed by atoms with E-state index in [9.17, 15) is 0 Å². The normalized spacial score (nSPS) is 14.2. The predicted octanol–water partition coefficient (Wildman–Crippen LogP) is 14.4. The molecule has 58 heavy (non-hydrogen) atoms. The van der Waals surface area contributed by atoms with Crippen molar-refractivity contribution in [1.82, 2.24) is 14.5 Å². The van der Waals surface area contributed by atoms with E-state index in [0.29, 0.717) is 0 Å². The van der Waals surface area contributed by atoms with Gasteiger partial charge in [0.2, 0.25) is 0 Å². The predicted molar refractivity (Wildman–Crippen MR) is 245 cm³/mol. The van der Waals surface area contributed by atoms with Crippen molar-refractivity contribution in [3.05, 3.63) is 218 Å². The van der Waals surface area contributed by atoms with Gasteiger partial charge < -0.3 is 14.5 Å². The van der Waals surface area contributed by atoms with Gasteiger partial charge in [-0.2, -0.15) is 0 Å². The summed E-state index contributed by atoms with van der Waals surface area (Å²) in [4.78, 5) is 0. The standard InChI is InChI=1S/C55H41N3/c1-2-45-46(43-17-13-16-40(34-43)39-26-24-38(25-27-39)37-14-5-3-6-15-37)32-33-56-55(45)58-52-23-12-10-21-48(52)50-36-42(29-31-54(50)58)41-28-30-53-49(35-41)47-20-9-11-22-51(47)57(53)44-18-7-4-8-19-44/h3-36,55-56H,2H2,1H3. The second-order valence-corrected chi connectivity index (χ2v) is 15.3. The molecule has 3 heteroatoms. The zero-order valence-electron chi connectivity index (χ0n) is 32.3. The Hall–Kier alpha value is -7.36. The lowest BCUT2D eigenvalue weighted by atomic mass is 9.91. The van der Waals surface area contributed by atoms with Crippen LogP contribution < -0.4 is 5.32 Å². The SMILES string of the molecule is CCC1=C(c2cccc(-c3ccc(-c4ccccc4)cc3)c2)C=CNC1n1c2ccccc2c2cc(-c3ccc4c(c3)c3ccccc3n4-c3ccccc3)ccc21. The van der Waals surface area contributed by atoms with Gasteiger partial charge in [0.25, 0.3) is 0 Å². The van der Waals surface area contributed by atoms with Crippen LogP contribution in [0.3, 0.4) is 0 Å². The first kappa shape index (κ1) is 33.9. The lowest BCUT2D eigenvalue weighted by Gasteiger charge is -2.29. The molecule has 0 saturated carbocycles. The summed E-state index contributed by atoms with van der Waals surface area (Å²) in [6.07, 6.45) is 5.27. The van der Waals surface area contributed by atoms with Gasteiger partial charge in [0.1, 0.15) is 6.17 Å². The molecule has 10 aromatic rings. The monoisotopic (exact) mass is 743 g/mol. The second-order valence-electron chi connectivity index (χ2n) is 15.3. The van der Waals surface area contributed by atoms with Crippen LogP contribution in [-0.4, -0.2) is 9.13 Å². The van der Waals surface area contributed by atoms with Gasteiger partial charge in [0.15, 0.2) is 0 Å². The Labute approximate surface area is 338 Å². The number of benzene rings is 8. The highest BCUT2D eigenvalue weighted by molar-refractivity contribution is 6.12. The molecule has 1 aliphatic rings. The van der Waals surface area contributed by atoms with Gasteiger partial charge in [-0.1, -0.05) is 146 Å². The number of allylic oxidation sites excluding steroid dienone is 2. The van der Waals surface area contributed by atoms with Crippen molar-refractivity contribution >= 4 is 49.2 Å². The van der Waals surface area contributed by atoms with Crippen LogP contribution in [0.15, 0.2) is 212 Å². The van der Waals surface area contributed by atoms with Crippen LogP contribution in [0.4, 0.5) is 0 Å². The molecule has 3 heterocycles. The van der Waals surface area contributed by atoms with Gasteiger partial charge in [-0.15, -0.1) is 0 Å². The molecule has 276 valence electrons. The molecule has 0 spiro atoms. The van der Waals surface area contributed by atoms with Crippen LogP contribution in [0, 0.1) is 0 Å². The van der Waals surface area contributed by atoms with E-state index in [1.807, 2.05) is 0 Å². The first-order chi connectivity index (χ1) is 28.7. The molecule has 0 saturated heterocycles. The van der Waals surface area contributed by atoms with Gasteiger partial charge in [-0.25, -0.2) is 0 Å². The maximum Gasteiger partial charge on any atom is 0.126 e. The summed E-state index contributed by atoms with van der Waals surface area (Å²) in [7, 11) is 0. The minimum atomic E-state index is -0.0347. The van der Waals surface area contributed by atoms with E-state index in [-0.39, 0.29) is 6.17 Å². The van der Waals surface area contributed by atoms with Crippen LogP contribution in [0.1, 0.15) is 25.1 Å². The van der Waals surface area contributed by atoms with E-state index < -0.39 is 0 Å². The smallest absolute Gasteiger partial charge is 0.126 e. The number of para-hydroxylation sites is 3. The van der Waals surface area contributed by atoms with E-state index in [2.05, 4.69) is 228 Å². The molecule has 0 fully saturated rings. The lowest BCUT2D eigenvalue weighted by molar-refractivity contribution is 0.535. The van der Waals surface area contributed by atoms with Crippen LogP contribution >= 0.6 is 0 Å². The maximum absolute atomic E-state index is 3.80. The number of rotatable bonds is 7. The number of nitrogens with one attached hydrogen (secondary N) is 1. The Morgan fingerprint density at radius 2 is 0.897 bits per heavy atom. The first-order valence-corrected chi connectivity index (χ1v) is 20.3. The summed E-state index contributed by atoms with van der Waals surface area (Å²) >= 11 is 0. The van der Waals surface area contributed by atoms with E-state index in [0.717, 1.165) is 6.42 Å². The van der Waals surface area contributed by atoms with Gasteiger partial charge in [0.05, 0.1) is 22.1 Å². The highest BCUT2D eigenvalue weighted by atomic mass is 15.2. The Kier molecular flexibility index (Phi) is 8.18. The number of fused-ring (bicyclic) bond motifs is 6. The fraction of sp³-hybridized carbons (Fsp3) is 0.0545. The van der Waals surface area contributed by atoms with Crippen molar-refractivity contribution < 1.29 is 0 Å². The lowest BCUT2D eigenvalue weighted by Crippen LogP contribution is -2.27. The molecular formula is C55H41N3. The molecule has 11 rings (SSSR count). The molecule has 0 amide bonds. The summed E-state index contributed by atoms with van der Waals surface area (Å²) in [5, 5.41) is 8.84. The third kappa shape index (κ3) is 5.58. The molecule has 1 aliphatic heterocycles. The molecule has 2 aromatic heterocycles. The van der Waals surface area contributed by atoms with Crippen LogP contribution in [0.25, 0.3) is 88.3 Å². The average Bonchev–Trinajstić information content (AvgIpc) is 3.81. The number of dihydropyridines is 1. The number of hydrogen-bond acceptors (Lipinski definition) is 1. The quantitative estimate of drug-likeness (QED) is 0.172. The largest absolute Gasteiger partial charge is 0.367 e. The van der Waals surface area contributed by atoms with Crippen molar-refractivity contribution in [2.24, 2.45) is 0 Å². The van der Waals surface area contributed by atoms with Gasteiger partial charge in [0, 0.05) is 27.2 Å². The van der Waals surface area contributed by atoms with E-state index >= 15 is 0 Å². The van der Waals surface area contributed by atoms with Crippen molar-refractivity contribution in [3.63, 3.8) is 0 Å². The van der Waals surface area contributed by atoms with Crippen LogP contribution in [-0.2, 0) is 0 Å². The second kappa shape index (κ2) is 14.0. The molecule has 0 aliphatic carbocycles. The van der Waals surface area contributed by atoms with Crippen molar-refractivity contribution in [3.8, 4) is 39.1 Å². The van der Waals surface area contributed by atoms with Crippen LogP contribution in [0.5, 0.6) is 0 Å². The summed E-state index contributed by atoms with van der Waals surface area (Å²) in [5.74, 6) is 0. The minimum absolute atomic E-state index is 0.0347. The third-order valence-corrected chi connectivity index (χ3v) is 12.0. The van der Waals surface area contributed by atoms with Gasteiger partial charge in [-0.05, 0) is 123 Å². The van der Waals surface area contributed by atoms with E-state index in [1.165, 1.54) is 99.4 Å². The van der Waals surface area contributed by atoms with E-state index in [4.69, 9.17) is 0 Å². The summed E-state index contributed by atoms with van der Waals surface area (Å²) in [6.45, 7) is 2.28. The zero-order chi connectivity index (χ0) is 38.6. The van der Waals surface area contributed by atoms with Crippen molar-refractivity contribution in [2.75, 3.05) is 0 Å². The Bertz CT molecular complexity index is 3220. The third-order valence-electron chi connectivity index (χ3n) is 12.0. The topological polar surface area (TPSA) is 21.9 Å². The minimum Gasteiger partial charge on any atom is -0.367 e. The summed E-state index contributed by atoms with van der Waals surface area (Å²) < 4.78 is 4.89. The molecule has 3 nitrogen and oxygen atoms in total. The molecule has 1 atom stereocenters. The van der Waals surface area contributed by atoms with E-state index in [1.54, 1.807) is 0 Å². The Morgan fingerprint density at radius 3 is 1.62 bits per heavy atom. The molecule has 1 unspecified atom stereocenters. The molecule has 0 radical (unpaired) electrons. The summed E-state index contributed by atoms with van der Waals surface area (Å²) in [5.41, 5.74) is 17.3. The fourth-order valence-corrected chi connectivity index (χ4v) is 9.29. The molecule has 8 aromatic carbocycles. The maximum atomic E-state index is 3.80. The molecular weight excluding hydrogens is 703 g/mol. The van der Waals surface area contributed by atoms with Crippen molar-refractivity contribution in [1.29, 1.82) is 0 Å². The van der Waals surface area contributed by atoms with Crippen molar-refractivity contribution in [2.45, 2.75) is 19.5 Å².